The fourth-order valence-corrected chi connectivity index (χ4v) is 1.55. The van der Waals surface area contributed by atoms with Gasteiger partial charge < -0.3 is 5.73 Å². The fraction of sp³-hybridized carbons (Fsp3) is 0.273. The van der Waals surface area contributed by atoms with Crippen molar-refractivity contribution >= 4 is 28.8 Å². The second kappa shape index (κ2) is 6.24. The van der Waals surface area contributed by atoms with E-state index in [0.717, 1.165) is 17.7 Å². The van der Waals surface area contributed by atoms with E-state index in [2.05, 4.69) is 4.98 Å². The predicted molar refractivity (Wildman–Crippen MR) is 65.4 cm³/mol. The Morgan fingerprint density at radius 1 is 1.60 bits per heavy atom. The molecule has 4 heteroatoms. The number of nitrogens with zero attached hydrogens (tertiary/aromatic N) is 1. The zero-order valence-corrected chi connectivity index (χ0v) is 9.46. The molecule has 0 bridgehead atoms. The third kappa shape index (κ3) is 5.22. The summed E-state index contributed by atoms with van der Waals surface area (Å²) in [6, 6.07) is 3.68. The molecule has 1 rings (SSSR count). The van der Waals surface area contributed by atoms with Gasteiger partial charge in [-0.3, -0.25) is 4.79 Å². The van der Waals surface area contributed by atoms with Crippen LogP contribution in [0.4, 0.5) is 5.82 Å². The van der Waals surface area contributed by atoms with Crippen LogP contribution in [0.25, 0.3) is 6.08 Å². The standard InChI is InChI=1S/C11H14N2OS/c1-9(14)15-7-3-2-4-10-5-6-11(12)13-8-10/h2,4-6,8H,3,7H2,1H3,(H2,12,13). The molecular weight excluding hydrogens is 208 g/mol. The first-order valence-electron chi connectivity index (χ1n) is 4.70. The maximum atomic E-state index is 10.6. The summed E-state index contributed by atoms with van der Waals surface area (Å²) < 4.78 is 0. The second-order valence-electron chi connectivity index (χ2n) is 3.05. The van der Waals surface area contributed by atoms with E-state index in [1.807, 2.05) is 18.2 Å². The summed E-state index contributed by atoms with van der Waals surface area (Å²) in [6.07, 6.45) is 6.62. The number of carbonyl (C=O) groups is 1. The molecule has 0 radical (unpaired) electrons. The van der Waals surface area contributed by atoms with Crippen molar-refractivity contribution in [2.75, 3.05) is 11.5 Å². The van der Waals surface area contributed by atoms with Crippen molar-refractivity contribution in [2.24, 2.45) is 0 Å². The molecule has 0 spiro atoms. The second-order valence-corrected chi connectivity index (χ2v) is 4.32. The molecule has 80 valence electrons. The molecule has 1 aromatic heterocycles. The van der Waals surface area contributed by atoms with Gasteiger partial charge in [-0.25, -0.2) is 4.98 Å². The maximum absolute atomic E-state index is 10.6. The molecule has 0 aromatic carbocycles. The minimum Gasteiger partial charge on any atom is -0.384 e. The summed E-state index contributed by atoms with van der Waals surface area (Å²) in [5.74, 6) is 1.35. The van der Waals surface area contributed by atoms with Crippen LogP contribution >= 0.6 is 11.8 Å². The number of carbonyl (C=O) groups excluding carboxylic acids is 1. The highest BCUT2D eigenvalue weighted by atomic mass is 32.2. The van der Waals surface area contributed by atoms with E-state index in [1.54, 1.807) is 19.2 Å². The first kappa shape index (κ1) is 11.8. The number of hydrogen-bond donors (Lipinski definition) is 1. The Kier molecular flexibility index (Phi) is 4.90. The monoisotopic (exact) mass is 222 g/mol. The van der Waals surface area contributed by atoms with Gasteiger partial charge in [-0.15, -0.1) is 0 Å². The normalized spacial score (nSPS) is 10.7. The topological polar surface area (TPSA) is 56.0 Å². The Morgan fingerprint density at radius 3 is 3.00 bits per heavy atom. The number of rotatable bonds is 4. The van der Waals surface area contributed by atoms with Gasteiger partial charge >= 0.3 is 0 Å². The largest absolute Gasteiger partial charge is 0.384 e. The molecule has 0 aliphatic rings. The van der Waals surface area contributed by atoms with Crippen LogP contribution in [0.15, 0.2) is 24.4 Å². The van der Waals surface area contributed by atoms with Crippen LogP contribution < -0.4 is 5.73 Å². The lowest BCUT2D eigenvalue weighted by molar-refractivity contribution is -0.109. The predicted octanol–water partition coefficient (Wildman–Crippen LogP) is 2.35. The van der Waals surface area contributed by atoms with E-state index < -0.39 is 0 Å². The number of thioether (sulfide) groups is 1. The molecule has 0 aliphatic carbocycles. The molecule has 3 nitrogen and oxygen atoms in total. The number of hydrogen-bond acceptors (Lipinski definition) is 4. The highest BCUT2D eigenvalue weighted by Gasteiger charge is 1.91. The Labute approximate surface area is 93.8 Å². The molecule has 0 amide bonds. The van der Waals surface area contributed by atoms with Crippen molar-refractivity contribution in [1.82, 2.24) is 4.98 Å². The van der Waals surface area contributed by atoms with Crippen LogP contribution in [0.5, 0.6) is 0 Å². The highest BCUT2D eigenvalue weighted by Crippen LogP contribution is 2.07. The van der Waals surface area contributed by atoms with Crippen LogP contribution in [-0.2, 0) is 4.79 Å². The van der Waals surface area contributed by atoms with Gasteiger partial charge in [0.15, 0.2) is 5.12 Å². The van der Waals surface area contributed by atoms with Gasteiger partial charge in [-0.1, -0.05) is 23.9 Å². The van der Waals surface area contributed by atoms with Crippen molar-refractivity contribution in [1.29, 1.82) is 0 Å². The van der Waals surface area contributed by atoms with Crippen molar-refractivity contribution in [3.05, 3.63) is 30.0 Å². The fourth-order valence-electron chi connectivity index (χ4n) is 1.01. The number of pyridine rings is 1. The lowest BCUT2D eigenvalue weighted by Gasteiger charge is -1.94. The maximum Gasteiger partial charge on any atom is 0.185 e. The molecule has 0 atom stereocenters. The minimum atomic E-state index is 0.164. The van der Waals surface area contributed by atoms with Gasteiger partial charge in [-0.2, -0.15) is 0 Å². The SMILES string of the molecule is CC(=O)SCCC=Cc1ccc(N)nc1. The summed E-state index contributed by atoms with van der Waals surface area (Å²) in [7, 11) is 0. The summed E-state index contributed by atoms with van der Waals surface area (Å²) in [5.41, 5.74) is 6.49. The van der Waals surface area contributed by atoms with Gasteiger partial charge in [0.25, 0.3) is 0 Å². The van der Waals surface area contributed by atoms with E-state index >= 15 is 0 Å². The number of anilines is 1. The first-order valence-corrected chi connectivity index (χ1v) is 5.68. The average molecular weight is 222 g/mol. The molecule has 0 unspecified atom stereocenters. The van der Waals surface area contributed by atoms with E-state index in [9.17, 15) is 4.79 Å². The average Bonchev–Trinajstić information content (AvgIpc) is 2.20. The van der Waals surface area contributed by atoms with Gasteiger partial charge in [0.05, 0.1) is 0 Å². The number of allylic oxidation sites excluding steroid dienone is 1. The van der Waals surface area contributed by atoms with Crippen molar-refractivity contribution in [2.45, 2.75) is 13.3 Å². The Balaban J connectivity index is 2.32. The Hall–Kier alpha value is -1.29. The lowest BCUT2D eigenvalue weighted by atomic mass is 10.2. The summed E-state index contributed by atoms with van der Waals surface area (Å²) in [5, 5.41) is 0.164. The van der Waals surface area contributed by atoms with Crippen LogP contribution in [0.2, 0.25) is 0 Å². The summed E-state index contributed by atoms with van der Waals surface area (Å²) in [4.78, 5) is 14.6. The van der Waals surface area contributed by atoms with Crippen molar-refractivity contribution < 1.29 is 4.79 Å². The van der Waals surface area contributed by atoms with Crippen LogP contribution in [0.1, 0.15) is 18.9 Å². The van der Waals surface area contributed by atoms with Crippen LogP contribution in [-0.4, -0.2) is 15.9 Å². The van der Waals surface area contributed by atoms with Crippen LogP contribution in [0.3, 0.4) is 0 Å². The number of nitrogen functional groups attached to an aromatic ring is 1. The third-order valence-corrected chi connectivity index (χ3v) is 2.56. The van der Waals surface area contributed by atoms with Crippen molar-refractivity contribution in [3.63, 3.8) is 0 Å². The van der Waals surface area contributed by atoms with E-state index in [4.69, 9.17) is 5.73 Å². The molecular formula is C11H14N2OS. The number of nitrogens with two attached hydrogens (primary N) is 1. The zero-order chi connectivity index (χ0) is 11.1. The third-order valence-electron chi connectivity index (χ3n) is 1.71. The van der Waals surface area contributed by atoms with Crippen molar-refractivity contribution in [3.8, 4) is 0 Å². The molecule has 0 aliphatic heterocycles. The number of aromatic nitrogens is 1. The molecule has 15 heavy (non-hydrogen) atoms. The van der Waals surface area contributed by atoms with Gasteiger partial charge in [-0.05, 0) is 24.1 Å². The van der Waals surface area contributed by atoms with Gasteiger partial charge in [0.1, 0.15) is 5.82 Å². The zero-order valence-electron chi connectivity index (χ0n) is 8.64. The van der Waals surface area contributed by atoms with Gasteiger partial charge in [0.2, 0.25) is 0 Å². The molecule has 0 saturated heterocycles. The van der Waals surface area contributed by atoms with E-state index in [1.165, 1.54) is 11.8 Å². The minimum absolute atomic E-state index is 0.164. The summed E-state index contributed by atoms with van der Waals surface area (Å²) >= 11 is 1.34. The van der Waals surface area contributed by atoms with E-state index in [-0.39, 0.29) is 5.12 Å². The molecule has 1 heterocycles. The Morgan fingerprint density at radius 2 is 2.40 bits per heavy atom. The van der Waals surface area contributed by atoms with E-state index in [0.29, 0.717) is 5.82 Å². The van der Waals surface area contributed by atoms with Gasteiger partial charge in [0, 0.05) is 18.9 Å². The Bertz CT molecular complexity index is 346. The molecule has 2 N–H and O–H groups in total. The lowest BCUT2D eigenvalue weighted by Crippen LogP contribution is -1.88. The first-order chi connectivity index (χ1) is 7.18. The molecule has 0 saturated carbocycles. The highest BCUT2D eigenvalue weighted by molar-refractivity contribution is 8.13. The molecule has 1 aromatic rings. The molecule has 0 fully saturated rings. The van der Waals surface area contributed by atoms with Crippen LogP contribution in [0, 0.1) is 0 Å². The summed E-state index contributed by atoms with van der Waals surface area (Å²) in [6.45, 7) is 1.58. The quantitative estimate of drug-likeness (QED) is 0.794. The smallest absolute Gasteiger partial charge is 0.185 e.